The number of nitrogens with one attached hydrogen (secondary N) is 1. The predicted molar refractivity (Wildman–Crippen MR) is 101 cm³/mol. The van der Waals surface area contributed by atoms with Crippen LogP contribution in [0.15, 0.2) is 64.8 Å². The third-order valence-corrected chi connectivity index (χ3v) is 4.61. The van der Waals surface area contributed by atoms with E-state index in [9.17, 15) is 10.1 Å². The Hall–Kier alpha value is -3.72. The maximum absolute atomic E-state index is 12.9. The fourth-order valence-electron chi connectivity index (χ4n) is 3.49. The van der Waals surface area contributed by atoms with Gasteiger partial charge in [-0.2, -0.15) is 5.26 Å². The minimum atomic E-state index is -0.671. The molecule has 3 N–H and O–H groups in total. The largest absolute Gasteiger partial charge is 0.494 e. The zero-order valence-corrected chi connectivity index (χ0v) is 14.7. The topological polar surface area (TPSA) is 101 Å². The average molecular weight is 359 g/mol. The Morgan fingerprint density at radius 3 is 2.74 bits per heavy atom. The third kappa shape index (κ3) is 2.61. The van der Waals surface area contributed by atoms with Crippen molar-refractivity contribution in [1.82, 2.24) is 4.98 Å². The van der Waals surface area contributed by atoms with Gasteiger partial charge in [-0.3, -0.25) is 4.79 Å². The average Bonchev–Trinajstić information content (AvgIpc) is 2.68. The van der Waals surface area contributed by atoms with Gasteiger partial charge in [-0.25, -0.2) is 0 Å². The van der Waals surface area contributed by atoms with E-state index in [0.717, 1.165) is 5.39 Å². The molecule has 1 unspecified atom stereocenters. The van der Waals surface area contributed by atoms with Crippen molar-refractivity contribution in [2.75, 3.05) is 6.61 Å². The SMILES string of the molecule is CCOc1ccccc1C1C(C#N)=C(N)Oc2c1c(=O)[nH]c1ccccc21. The lowest BCUT2D eigenvalue weighted by Gasteiger charge is -2.27. The summed E-state index contributed by atoms with van der Waals surface area (Å²) < 4.78 is 11.5. The van der Waals surface area contributed by atoms with E-state index in [1.54, 1.807) is 6.07 Å². The first-order valence-electron chi connectivity index (χ1n) is 8.60. The van der Waals surface area contributed by atoms with Gasteiger partial charge < -0.3 is 20.2 Å². The van der Waals surface area contributed by atoms with E-state index in [-0.39, 0.29) is 17.0 Å². The summed E-state index contributed by atoms with van der Waals surface area (Å²) in [6.45, 7) is 2.34. The highest BCUT2D eigenvalue weighted by Gasteiger charge is 2.35. The summed E-state index contributed by atoms with van der Waals surface area (Å²) in [4.78, 5) is 15.8. The van der Waals surface area contributed by atoms with Crippen molar-refractivity contribution in [2.24, 2.45) is 5.73 Å². The molecule has 6 nitrogen and oxygen atoms in total. The van der Waals surface area contributed by atoms with Crippen LogP contribution < -0.4 is 20.8 Å². The minimum Gasteiger partial charge on any atom is -0.494 e. The van der Waals surface area contributed by atoms with Crippen molar-refractivity contribution in [1.29, 1.82) is 5.26 Å². The van der Waals surface area contributed by atoms with E-state index in [1.165, 1.54) is 0 Å². The Morgan fingerprint density at radius 1 is 1.22 bits per heavy atom. The number of pyridine rings is 1. The van der Waals surface area contributed by atoms with Crippen LogP contribution in [0, 0.1) is 11.3 Å². The molecule has 27 heavy (non-hydrogen) atoms. The molecule has 0 amide bonds. The second-order valence-electron chi connectivity index (χ2n) is 6.14. The monoisotopic (exact) mass is 359 g/mol. The summed E-state index contributed by atoms with van der Waals surface area (Å²) in [5.41, 5.74) is 7.65. The molecule has 1 atom stereocenters. The molecule has 0 radical (unpaired) electrons. The van der Waals surface area contributed by atoms with Crippen LogP contribution in [-0.4, -0.2) is 11.6 Å². The highest BCUT2D eigenvalue weighted by molar-refractivity contribution is 5.87. The molecular weight excluding hydrogens is 342 g/mol. The molecule has 1 aromatic heterocycles. The van der Waals surface area contributed by atoms with Gasteiger partial charge in [-0.15, -0.1) is 0 Å². The Labute approximate surface area is 155 Å². The number of benzene rings is 2. The van der Waals surface area contributed by atoms with E-state index in [2.05, 4.69) is 11.1 Å². The molecule has 0 bridgehead atoms. The summed E-state index contributed by atoms with van der Waals surface area (Å²) in [6, 6.07) is 16.8. The molecule has 1 aliphatic rings. The maximum Gasteiger partial charge on any atom is 0.256 e. The maximum atomic E-state index is 12.9. The van der Waals surface area contributed by atoms with Gasteiger partial charge >= 0.3 is 0 Å². The fraction of sp³-hybridized carbons (Fsp3) is 0.143. The first kappa shape index (κ1) is 16.7. The lowest BCUT2D eigenvalue weighted by molar-refractivity contribution is 0.334. The number of H-pyrrole nitrogens is 1. The Balaban J connectivity index is 2.07. The van der Waals surface area contributed by atoms with Crippen molar-refractivity contribution in [2.45, 2.75) is 12.8 Å². The fourth-order valence-corrected chi connectivity index (χ4v) is 3.49. The van der Waals surface area contributed by atoms with Gasteiger partial charge in [-0.1, -0.05) is 30.3 Å². The normalized spacial score (nSPS) is 15.8. The Bertz CT molecular complexity index is 1170. The molecule has 0 saturated carbocycles. The van der Waals surface area contributed by atoms with Crippen LogP contribution >= 0.6 is 0 Å². The predicted octanol–water partition coefficient (Wildman–Crippen LogP) is 3.14. The van der Waals surface area contributed by atoms with E-state index in [4.69, 9.17) is 15.2 Å². The van der Waals surface area contributed by atoms with Crippen LogP contribution in [0.2, 0.25) is 0 Å². The van der Waals surface area contributed by atoms with Crippen molar-refractivity contribution >= 4 is 10.9 Å². The first-order valence-corrected chi connectivity index (χ1v) is 8.60. The number of aromatic nitrogens is 1. The molecule has 3 aromatic rings. The van der Waals surface area contributed by atoms with Crippen LogP contribution in [0.25, 0.3) is 10.9 Å². The molecule has 0 spiro atoms. The van der Waals surface area contributed by atoms with Gasteiger partial charge in [0.1, 0.15) is 23.1 Å². The Morgan fingerprint density at radius 2 is 1.96 bits per heavy atom. The van der Waals surface area contributed by atoms with Crippen molar-refractivity contribution < 1.29 is 9.47 Å². The van der Waals surface area contributed by atoms with Crippen LogP contribution in [0.1, 0.15) is 24.0 Å². The number of nitrogens with two attached hydrogens (primary N) is 1. The van der Waals surface area contributed by atoms with Crippen LogP contribution in [0.3, 0.4) is 0 Å². The molecule has 2 aromatic carbocycles. The smallest absolute Gasteiger partial charge is 0.256 e. The summed E-state index contributed by atoms with van der Waals surface area (Å²) in [7, 11) is 0. The second-order valence-corrected chi connectivity index (χ2v) is 6.14. The number of allylic oxidation sites excluding steroid dienone is 1. The molecule has 1 aliphatic heterocycles. The Kier molecular flexibility index (Phi) is 4.05. The summed E-state index contributed by atoms with van der Waals surface area (Å²) >= 11 is 0. The number of aromatic amines is 1. The van der Waals surface area contributed by atoms with Crippen LogP contribution in [-0.2, 0) is 0 Å². The number of nitriles is 1. The zero-order chi connectivity index (χ0) is 19.0. The van der Waals surface area contributed by atoms with Gasteiger partial charge in [-0.05, 0) is 25.1 Å². The van der Waals surface area contributed by atoms with E-state index < -0.39 is 5.92 Å². The van der Waals surface area contributed by atoms with Crippen LogP contribution in [0.5, 0.6) is 11.5 Å². The number of fused-ring (bicyclic) bond motifs is 3. The summed E-state index contributed by atoms with van der Waals surface area (Å²) in [5, 5.41) is 10.5. The minimum absolute atomic E-state index is 0.00273. The van der Waals surface area contributed by atoms with E-state index >= 15 is 0 Å². The highest BCUT2D eigenvalue weighted by Crippen LogP contribution is 2.45. The molecule has 0 fully saturated rings. The van der Waals surface area contributed by atoms with Crippen molar-refractivity contribution in [3.05, 3.63) is 81.5 Å². The lowest BCUT2D eigenvalue weighted by atomic mass is 9.83. The molecule has 134 valence electrons. The molecule has 0 aliphatic carbocycles. The zero-order valence-electron chi connectivity index (χ0n) is 14.7. The van der Waals surface area contributed by atoms with Gasteiger partial charge in [0.15, 0.2) is 0 Å². The van der Waals surface area contributed by atoms with Crippen molar-refractivity contribution in [3.63, 3.8) is 0 Å². The van der Waals surface area contributed by atoms with Crippen LogP contribution in [0.4, 0.5) is 0 Å². The molecule has 0 saturated heterocycles. The highest BCUT2D eigenvalue weighted by atomic mass is 16.5. The van der Waals surface area contributed by atoms with Gasteiger partial charge in [0.25, 0.3) is 5.56 Å². The van der Waals surface area contributed by atoms with Crippen molar-refractivity contribution in [3.8, 4) is 17.6 Å². The standard InChI is InChI=1S/C21H17N3O3/c1-2-26-16-10-6-4-8-13(16)17-14(11-22)20(23)27-19-12-7-3-5-9-15(12)24-21(25)18(17)19/h3-10,17H,2,23H2,1H3,(H,24,25). The van der Waals surface area contributed by atoms with Gasteiger partial charge in [0, 0.05) is 10.9 Å². The van der Waals surface area contributed by atoms with E-state index in [0.29, 0.717) is 34.7 Å². The lowest BCUT2D eigenvalue weighted by Crippen LogP contribution is -2.28. The third-order valence-electron chi connectivity index (χ3n) is 4.61. The van der Waals surface area contributed by atoms with Gasteiger partial charge in [0.2, 0.25) is 5.88 Å². The molecule has 6 heteroatoms. The number of rotatable bonds is 3. The number of ether oxygens (including phenoxy) is 2. The van der Waals surface area contributed by atoms with E-state index in [1.807, 2.05) is 49.4 Å². The summed E-state index contributed by atoms with van der Waals surface area (Å²) in [6.07, 6.45) is 0. The number of para-hydroxylation sites is 2. The number of hydrogen-bond donors (Lipinski definition) is 2. The summed E-state index contributed by atoms with van der Waals surface area (Å²) in [5.74, 6) is 0.306. The first-order chi connectivity index (χ1) is 13.2. The quantitative estimate of drug-likeness (QED) is 0.748. The molecule has 4 rings (SSSR count). The van der Waals surface area contributed by atoms with Gasteiger partial charge in [0.05, 0.1) is 23.6 Å². The second kappa shape index (κ2) is 6.54. The molecule has 2 heterocycles. The number of hydrogen-bond acceptors (Lipinski definition) is 5. The number of nitrogens with zero attached hydrogens (tertiary/aromatic N) is 1. The molecular formula is C21H17N3O3.